The number of fused-ring (bicyclic) bond motifs is 1. The average molecular weight is 397 g/mol. The minimum absolute atomic E-state index is 0.000635. The number of oxazole rings is 1. The zero-order chi connectivity index (χ0) is 19.8. The third kappa shape index (κ3) is 3.78. The summed E-state index contributed by atoms with van der Waals surface area (Å²) in [4.78, 5) is 26.5. The molecule has 0 saturated carbocycles. The number of benzene rings is 1. The lowest BCUT2D eigenvalue weighted by atomic mass is 10.2. The van der Waals surface area contributed by atoms with Gasteiger partial charge in [-0.3, -0.25) is 9.36 Å². The Hall–Kier alpha value is -2.17. The second-order valence-corrected chi connectivity index (χ2v) is 8.76. The van der Waals surface area contributed by atoms with Gasteiger partial charge in [0.2, 0.25) is 15.9 Å². The van der Waals surface area contributed by atoms with E-state index in [0.717, 1.165) is 10.7 Å². The molecule has 1 saturated heterocycles. The number of morpholine rings is 1. The number of hydrogen-bond donors (Lipinski definition) is 0. The Kier molecular flexibility index (Phi) is 5.41. The third-order valence-corrected chi connectivity index (χ3v) is 6.47. The molecule has 0 unspecified atom stereocenters. The molecule has 0 aliphatic carbocycles. The quantitative estimate of drug-likeness (QED) is 0.727. The van der Waals surface area contributed by atoms with Crippen LogP contribution in [0, 0.1) is 0 Å². The van der Waals surface area contributed by atoms with Gasteiger partial charge in [-0.05, 0) is 18.6 Å². The van der Waals surface area contributed by atoms with Crippen LogP contribution in [0.25, 0.3) is 11.1 Å². The Morgan fingerprint density at radius 2 is 2.07 bits per heavy atom. The maximum Gasteiger partial charge on any atom is 0.420 e. The van der Waals surface area contributed by atoms with Crippen LogP contribution >= 0.6 is 0 Å². The first kappa shape index (κ1) is 19.6. The Morgan fingerprint density at radius 1 is 1.33 bits per heavy atom. The van der Waals surface area contributed by atoms with Crippen LogP contribution in [0.5, 0.6) is 0 Å². The standard InChI is InChI=1S/C17H23N3O6S/c1-4-12-10-19(7-8-25-12)16(21)11-20-14-6-5-13(27(23,24)18(2)3)9-15(14)26-17(20)22/h5-6,9,12H,4,7-8,10-11H2,1-3H3/t12-/m1/s1. The van der Waals surface area contributed by atoms with Crippen molar-refractivity contribution in [1.29, 1.82) is 0 Å². The number of sulfonamides is 1. The Morgan fingerprint density at radius 3 is 2.74 bits per heavy atom. The van der Waals surface area contributed by atoms with Gasteiger partial charge in [0.25, 0.3) is 0 Å². The van der Waals surface area contributed by atoms with Gasteiger partial charge in [-0.25, -0.2) is 17.5 Å². The molecular formula is C17H23N3O6S. The minimum Gasteiger partial charge on any atom is -0.408 e. The van der Waals surface area contributed by atoms with Crippen LogP contribution in [-0.4, -0.2) is 68.0 Å². The topological polar surface area (TPSA) is 102 Å². The van der Waals surface area contributed by atoms with Gasteiger partial charge in [0.05, 0.1) is 23.1 Å². The van der Waals surface area contributed by atoms with Gasteiger partial charge in [-0.2, -0.15) is 0 Å². The molecule has 0 radical (unpaired) electrons. The maximum absolute atomic E-state index is 12.6. The molecule has 148 valence electrons. The predicted molar refractivity (Wildman–Crippen MR) is 98.0 cm³/mol. The number of carbonyl (C=O) groups excluding carboxylic acids is 1. The van der Waals surface area contributed by atoms with Crippen molar-refractivity contribution in [3.05, 3.63) is 28.7 Å². The fourth-order valence-corrected chi connectivity index (χ4v) is 3.91. The lowest BCUT2D eigenvalue weighted by Crippen LogP contribution is -2.47. The first-order valence-electron chi connectivity index (χ1n) is 8.69. The third-order valence-electron chi connectivity index (χ3n) is 4.66. The molecule has 2 aromatic rings. The van der Waals surface area contributed by atoms with E-state index in [4.69, 9.17) is 9.15 Å². The first-order valence-corrected chi connectivity index (χ1v) is 10.1. The van der Waals surface area contributed by atoms with E-state index < -0.39 is 15.8 Å². The smallest absolute Gasteiger partial charge is 0.408 e. The van der Waals surface area contributed by atoms with Gasteiger partial charge in [-0.15, -0.1) is 0 Å². The lowest BCUT2D eigenvalue weighted by Gasteiger charge is -2.32. The first-order chi connectivity index (χ1) is 12.7. The number of ether oxygens (including phenoxy) is 1. The Labute approximate surface area is 157 Å². The van der Waals surface area contributed by atoms with E-state index in [2.05, 4.69) is 0 Å². The number of aromatic nitrogens is 1. The van der Waals surface area contributed by atoms with Crippen molar-refractivity contribution >= 4 is 27.0 Å². The van der Waals surface area contributed by atoms with E-state index in [0.29, 0.717) is 25.2 Å². The van der Waals surface area contributed by atoms with E-state index in [-0.39, 0.29) is 29.0 Å². The van der Waals surface area contributed by atoms with E-state index in [9.17, 15) is 18.0 Å². The summed E-state index contributed by atoms with van der Waals surface area (Å²) in [6.45, 7) is 3.27. The van der Waals surface area contributed by atoms with Crippen molar-refractivity contribution in [3.8, 4) is 0 Å². The van der Waals surface area contributed by atoms with Crippen molar-refractivity contribution in [2.24, 2.45) is 0 Å². The lowest BCUT2D eigenvalue weighted by molar-refractivity contribution is -0.139. The molecule has 10 heteroatoms. The summed E-state index contributed by atoms with van der Waals surface area (Å²) < 4.78 is 37.5. The van der Waals surface area contributed by atoms with Crippen LogP contribution in [0.4, 0.5) is 0 Å². The Bertz CT molecular complexity index is 1010. The largest absolute Gasteiger partial charge is 0.420 e. The van der Waals surface area contributed by atoms with E-state index in [1.807, 2.05) is 6.92 Å². The van der Waals surface area contributed by atoms with Crippen LogP contribution in [0.15, 0.2) is 32.3 Å². The maximum atomic E-state index is 12.6. The van der Waals surface area contributed by atoms with Crippen LogP contribution in [-0.2, 0) is 26.1 Å². The summed E-state index contributed by atoms with van der Waals surface area (Å²) in [7, 11) is -0.804. The molecule has 1 aliphatic rings. The molecular weight excluding hydrogens is 374 g/mol. The number of carbonyl (C=O) groups is 1. The SMILES string of the molecule is CC[C@@H]1CN(C(=O)Cn2c(=O)oc3cc(S(=O)(=O)N(C)C)ccc32)CCO1. The summed E-state index contributed by atoms with van der Waals surface area (Å²) in [5.41, 5.74) is 0.510. The Balaban J connectivity index is 1.88. The summed E-state index contributed by atoms with van der Waals surface area (Å²) in [6.07, 6.45) is 0.806. The molecule has 27 heavy (non-hydrogen) atoms. The molecule has 1 aromatic heterocycles. The van der Waals surface area contributed by atoms with Crippen molar-refractivity contribution in [2.75, 3.05) is 33.8 Å². The van der Waals surface area contributed by atoms with Gasteiger partial charge in [-0.1, -0.05) is 6.92 Å². The summed E-state index contributed by atoms with van der Waals surface area (Å²) in [6, 6.07) is 4.18. The van der Waals surface area contributed by atoms with Gasteiger partial charge in [0.1, 0.15) is 6.54 Å². The highest BCUT2D eigenvalue weighted by atomic mass is 32.2. The predicted octanol–water partition coefficient (Wildman–Crippen LogP) is 0.482. The van der Waals surface area contributed by atoms with Gasteiger partial charge < -0.3 is 14.1 Å². The van der Waals surface area contributed by atoms with Gasteiger partial charge >= 0.3 is 5.76 Å². The zero-order valence-electron chi connectivity index (χ0n) is 15.5. The number of amides is 1. The second-order valence-electron chi connectivity index (χ2n) is 6.61. The average Bonchev–Trinajstić information content (AvgIpc) is 2.96. The number of hydrogen-bond acceptors (Lipinski definition) is 6. The molecule has 0 spiro atoms. The van der Waals surface area contributed by atoms with E-state index in [1.54, 1.807) is 4.90 Å². The molecule has 1 aromatic carbocycles. The molecule has 1 aliphatic heterocycles. The molecule has 1 fully saturated rings. The molecule has 2 heterocycles. The molecule has 0 bridgehead atoms. The fourth-order valence-electron chi connectivity index (χ4n) is 3.00. The highest BCUT2D eigenvalue weighted by molar-refractivity contribution is 7.89. The molecule has 0 N–H and O–H groups in total. The van der Waals surface area contributed by atoms with Crippen molar-refractivity contribution in [2.45, 2.75) is 30.9 Å². The second kappa shape index (κ2) is 7.45. The van der Waals surface area contributed by atoms with Gasteiger partial charge in [0, 0.05) is 33.3 Å². The van der Waals surface area contributed by atoms with E-state index in [1.165, 1.54) is 36.9 Å². The molecule has 1 amide bonds. The monoisotopic (exact) mass is 397 g/mol. The van der Waals surface area contributed by atoms with Crippen LogP contribution in [0.1, 0.15) is 13.3 Å². The number of rotatable bonds is 5. The van der Waals surface area contributed by atoms with Crippen LogP contribution < -0.4 is 5.76 Å². The van der Waals surface area contributed by atoms with Crippen LogP contribution in [0.2, 0.25) is 0 Å². The van der Waals surface area contributed by atoms with Crippen molar-refractivity contribution < 1.29 is 22.4 Å². The van der Waals surface area contributed by atoms with Crippen molar-refractivity contribution in [3.63, 3.8) is 0 Å². The van der Waals surface area contributed by atoms with Gasteiger partial charge in [0.15, 0.2) is 5.58 Å². The molecule has 3 rings (SSSR count). The minimum atomic E-state index is -3.65. The van der Waals surface area contributed by atoms with Crippen LogP contribution in [0.3, 0.4) is 0 Å². The summed E-state index contributed by atoms with van der Waals surface area (Å²) in [5, 5.41) is 0. The van der Waals surface area contributed by atoms with Crippen molar-refractivity contribution in [1.82, 2.24) is 13.8 Å². The summed E-state index contributed by atoms with van der Waals surface area (Å²) >= 11 is 0. The van der Waals surface area contributed by atoms with E-state index >= 15 is 0 Å². The summed E-state index contributed by atoms with van der Waals surface area (Å²) in [5.74, 6) is -0.899. The molecule has 9 nitrogen and oxygen atoms in total. The highest BCUT2D eigenvalue weighted by Gasteiger charge is 2.25. The highest BCUT2D eigenvalue weighted by Crippen LogP contribution is 2.20. The number of nitrogens with zero attached hydrogens (tertiary/aromatic N) is 3. The fraction of sp³-hybridized carbons (Fsp3) is 0.529. The molecule has 1 atom stereocenters. The normalized spacial score (nSPS) is 18.4. The zero-order valence-corrected chi connectivity index (χ0v) is 16.4.